The molecule has 2 rings (SSSR count). The van der Waals surface area contributed by atoms with E-state index in [9.17, 15) is 0 Å². The minimum atomic E-state index is 0.465. The summed E-state index contributed by atoms with van der Waals surface area (Å²) in [6, 6.07) is 0. The minimum Gasteiger partial charge on any atom is -0.354 e. The molecule has 0 aromatic carbocycles. The van der Waals surface area contributed by atoms with E-state index in [2.05, 4.69) is 43.5 Å². The maximum Gasteiger partial charge on any atom is 0.258 e. The second kappa shape index (κ2) is 7.77. The molecule has 0 saturated carbocycles. The van der Waals surface area contributed by atoms with Crippen molar-refractivity contribution >= 4 is 23.7 Å². The van der Waals surface area contributed by atoms with Gasteiger partial charge in [-0.1, -0.05) is 6.92 Å². The van der Waals surface area contributed by atoms with Crippen molar-refractivity contribution in [1.82, 2.24) is 29.7 Å². The molecule has 0 fully saturated rings. The molecule has 2 aromatic rings. The molecule has 2 heterocycles. The molecule has 1 N–H and O–H groups in total. The maximum atomic E-state index is 4.46. The predicted molar refractivity (Wildman–Crippen MR) is 85.2 cm³/mol. The fourth-order valence-electron chi connectivity index (χ4n) is 1.58. The van der Waals surface area contributed by atoms with Gasteiger partial charge in [-0.05, 0) is 12.7 Å². The van der Waals surface area contributed by atoms with Crippen LogP contribution < -0.4 is 10.2 Å². The first-order chi connectivity index (χ1) is 10.2. The van der Waals surface area contributed by atoms with Crippen LogP contribution in [-0.2, 0) is 0 Å². The predicted octanol–water partition coefficient (Wildman–Crippen LogP) is 1.07. The van der Waals surface area contributed by atoms with E-state index in [1.807, 2.05) is 11.9 Å². The number of thioether (sulfide) groups is 1. The van der Waals surface area contributed by atoms with Gasteiger partial charge in [-0.2, -0.15) is 36.5 Å². The maximum absolute atomic E-state index is 4.46. The van der Waals surface area contributed by atoms with Crippen LogP contribution in [0.15, 0.2) is 12.7 Å². The zero-order valence-corrected chi connectivity index (χ0v) is 13.3. The van der Waals surface area contributed by atoms with Crippen LogP contribution in [0.4, 0.5) is 11.9 Å². The topological polar surface area (TPSA) is 84.7 Å². The summed E-state index contributed by atoms with van der Waals surface area (Å²) in [5.74, 6) is 2.66. The SMILES string of the molecule is CCCNc1nc(N(C)CCSC)nc(-n2cncn2)n1. The standard InChI is InChI=1S/C12H20N8S/c1-4-5-14-10-16-11(19(2)6-7-21-3)18-12(17-10)20-9-13-8-15-20/h8-9H,4-7H2,1-3H3,(H,14,16,17,18). The Balaban J connectivity index is 2.28. The number of rotatable bonds is 8. The molecule has 0 unspecified atom stereocenters. The van der Waals surface area contributed by atoms with Crippen molar-refractivity contribution < 1.29 is 0 Å². The highest BCUT2D eigenvalue weighted by atomic mass is 32.2. The van der Waals surface area contributed by atoms with E-state index in [0.29, 0.717) is 17.8 Å². The highest BCUT2D eigenvalue weighted by Gasteiger charge is 2.11. The van der Waals surface area contributed by atoms with Crippen molar-refractivity contribution in [3.8, 4) is 5.95 Å². The van der Waals surface area contributed by atoms with Crippen LogP contribution in [-0.4, -0.2) is 61.9 Å². The second-order valence-corrected chi connectivity index (χ2v) is 5.43. The Morgan fingerprint density at radius 2 is 2.19 bits per heavy atom. The molecule has 0 aliphatic carbocycles. The van der Waals surface area contributed by atoms with Gasteiger partial charge in [0.15, 0.2) is 0 Å². The number of nitrogens with one attached hydrogen (secondary N) is 1. The van der Waals surface area contributed by atoms with Crippen molar-refractivity contribution in [1.29, 1.82) is 0 Å². The molecule has 21 heavy (non-hydrogen) atoms. The van der Waals surface area contributed by atoms with E-state index in [1.54, 1.807) is 18.1 Å². The first-order valence-electron chi connectivity index (χ1n) is 6.79. The Bertz CT molecular complexity index is 544. The van der Waals surface area contributed by atoms with Gasteiger partial charge in [0.25, 0.3) is 5.95 Å². The Hall–Kier alpha value is -1.90. The van der Waals surface area contributed by atoms with Crippen LogP contribution >= 0.6 is 11.8 Å². The summed E-state index contributed by atoms with van der Waals surface area (Å²) in [7, 11) is 1.97. The van der Waals surface area contributed by atoms with E-state index < -0.39 is 0 Å². The van der Waals surface area contributed by atoms with Crippen molar-refractivity contribution in [2.24, 2.45) is 0 Å². The number of nitrogens with zero attached hydrogens (tertiary/aromatic N) is 7. The summed E-state index contributed by atoms with van der Waals surface area (Å²) in [6.45, 7) is 3.78. The lowest BCUT2D eigenvalue weighted by atomic mass is 10.5. The molecule has 0 atom stereocenters. The lowest BCUT2D eigenvalue weighted by Crippen LogP contribution is -2.24. The summed E-state index contributed by atoms with van der Waals surface area (Å²) >= 11 is 1.79. The Kier molecular flexibility index (Phi) is 5.73. The molecule has 0 saturated heterocycles. The zero-order chi connectivity index (χ0) is 15.1. The molecule has 0 bridgehead atoms. The van der Waals surface area contributed by atoms with Gasteiger partial charge >= 0.3 is 0 Å². The smallest absolute Gasteiger partial charge is 0.258 e. The van der Waals surface area contributed by atoms with Crippen molar-refractivity contribution in [3.63, 3.8) is 0 Å². The fourth-order valence-corrected chi connectivity index (χ4v) is 2.04. The third-order valence-electron chi connectivity index (χ3n) is 2.74. The molecular formula is C12H20N8S. The van der Waals surface area contributed by atoms with Crippen LogP contribution in [0.25, 0.3) is 5.95 Å². The van der Waals surface area contributed by atoms with Crippen LogP contribution in [0.2, 0.25) is 0 Å². The van der Waals surface area contributed by atoms with E-state index >= 15 is 0 Å². The molecule has 0 radical (unpaired) electrons. The van der Waals surface area contributed by atoms with Gasteiger partial charge in [0, 0.05) is 25.9 Å². The van der Waals surface area contributed by atoms with E-state index in [1.165, 1.54) is 11.0 Å². The van der Waals surface area contributed by atoms with E-state index in [0.717, 1.165) is 25.3 Å². The van der Waals surface area contributed by atoms with Gasteiger partial charge in [0.05, 0.1) is 0 Å². The summed E-state index contributed by atoms with van der Waals surface area (Å²) < 4.78 is 1.53. The number of hydrogen-bond donors (Lipinski definition) is 1. The fraction of sp³-hybridized carbons (Fsp3) is 0.583. The van der Waals surface area contributed by atoms with Crippen LogP contribution in [0.3, 0.4) is 0 Å². The lowest BCUT2D eigenvalue weighted by molar-refractivity contribution is 0.777. The number of aromatic nitrogens is 6. The van der Waals surface area contributed by atoms with Crippen molar-refractivity contribution in [3.05, 3.63) is 12.7 Å². The summed E-state index contributed by atoms with van der Waals surface area (Å²) in [5.41, 5.74) is 0. The van der Waals surface area contributed by atoms with Crippen molar-refractivity contribution in [2.45, 2.75) is 13.3 Å². The van der Waals surface area contributed by atoms with Gasteiger partial charge in [0.2, 0.25) is 11.9 Å². The van der Waals surface area contributed by atoms with Crippen LogP contribution in [0.1, 0.15) is 13.3 Å². The quantitative estimate of drug-likeness (QED) is 0.775. The number of hydrogen-bond acceptors (Lipinski definition) is 8. The third-order valence-corrected chi connectivity index (χ3v) is 3.33. The summed E-state index contributed by atoms with van der Waals surface area (Å²) in [4.78, 5) is 19.2. The van der Waals surface area contributed by atoms with Gasteiger partial charge in [0.1, 0.15) is 12.7 Å². The zero-order valence-electron chi connectivity index (χ0n) is 12.5. The molecule has 0 aliphatic heterocycles. The van der Waals surface area contributed by atoms with Gasteiger partial charge in [-0.25, -0.2) is 4.98 Å². The Labute approximate surface area is 128 Å². The molecule has 8 nitrogen and oxygen atoms in total. The monoisotopic (exact) mass is 308 g/mol. The molecule has 0 spiro atoms. The molecule has 0 aliphatic rings. The van der Waals surface area contributed by atoms with Gasteiger partial charge in [-0.3, -0.25) is 0 Å². The van der Waals surface area contributed by atoms with Crippen LogP contribution in [0, 0.1) is 0 Å². The lowest BCUT2D eigenvalue weighted by Gasteiger charge is -2.17. The molecule has 9 heteroatoms. The Morgan fingerprint density at radius 1 is 1.33 bits per heavy atom. The molecular weight excluding hydrogens is 288 g/mol. The highest BCUT2D eigenvalue weighted by Crippen LogP contribution is 2.12. The summed E-state index contributed by atoms with van der Waals surface area (Å²) in [6.07, 6.45) is 6.11. The van der Waals surface area contributed by atoms with Crippen molar-refractivity contribution in [2.75, 3.05) is 42.4 Å². The van der Waals surface area contributed by atoms with E-state index in [4.69, 9.17) is 0 Å². The third kappa shape index (κ3) is 4.28. The normalized spacial score (nSPS) is 10.6. The average molecular weight is 308 g/mol. The van der Waals surface area contributed by atoms with E-state index in [-0.39, 0.29) is 0 Å². The minimum absolute atomic E-state index is 0.465. The van der Waals surface area contributed by atoms with Gasteiger partial charge in [-0.15, -0.1) is 0 Å². The first-order valence-corrected chi connectivity index (χ1v) is 8.19. The summed E-state index contributed by atoms with van der Waals surface area (Å²) in [5, 5.41) is 7.27. The highest BCUT2D eigenvalue weighted by molar-refractivity contribution is 7.98. The molecule has 0 amide bonds. The van der Waals surface area contributed by atoms with Gasteiger partial charge < -0.3 is 10.2 Å². The largest absolute Gasteiger partial charge is 0.354 e. The average Bonchev–Trinajstić information content (AvgIpc) is 3.04. The first kappa shape index (κ1) is 15.5. The number of anilines is 2. The molecule has 2 aromatic heterocycles. The Morgan fingerprint density at radius 3 is 2.86 bits per heavy atom. The molecule has 114 valence electrons. The van der Waals surface area contributed by atoms with Crippen LogP contribution in [0.5, 0.6) is 0 Å². The second-order valence-electron chi connectivity index (χ2n) is 4.44.